The van der Waals surface area contributed by atoms with Crippen LogP contribution in [0.5, 0.6) is 0 Å². The van der Waals surface area contributed by atoms with Gasteiger partial charge in [0.25, 0.3) is 0 Å². The van der Waals surface area contributed by atoms with E-state index in [0.29, 0.717) is 23.3 Å². The van der Waals surface area contributed by atoms with Crippen molar-refractivity contribution in [3.63, 3.8) is 0 Å². The number of amides is 1. The zero-order valence-electron chi connectivity index (χ0n) is 14.4. The van der Waals surface area contributed by atoms with Gasteiger partial charge in [0.2, 0.25) is 22.8 Å². The van der Waals surface area contributed by atoms with Crippen LogP contribution in [0, 0.1) is 6.92 Å². The Morgan fingerprint density at radius 2 is 2.15 bits per heavy atom. The molecule has 1 atom stereocenters. The monoisotopic (exact) mass is 369 g/mol. The van der Waals surface area contributed by atoms with Crippen LogP contribution in [0.15, 0.2) is 28.7 Å². The summed E-state index contributed by atoms with van der Waals surface area (Å²) in [6.07, 6.45) is 4.00. The number of carbonyl (C=O) groups excluding carboxylic acids is 1. The first-order chi connectivity index (χ1) is 12.7. The molecule has 1 N–H and O–H groups in total. The van der Waals surface area contributed by atoms with E-state index in [4.69, 9.17) is 4.42 Å². The van der Waals surface area contributed by atoms with Gasteiger partial charge in [-0.05, 0) is 30.4 Å². The minimum atomic E-state index is -0.132. The molecule has 0 saturated heterocycles. The maximum absolute atomic E-state index is 12.1. The van der Waals surface area contributed by atoms with Gasteiger partial charge in [0.1, 0.15) is 5.01 Å². The third kappa shape index (κ3) is 3.65. The van der Waals surface area contributed by atoms with Crippen molar-refractivity contribution in [2.24, 2.45) is 0 Å². The molecule has 1 unspecified atom stereocenters. The molecule has 4 rings (SSSR count). The summed E-state index contributed by atoms with van der Waals surface area (Å²) in [6.45, 7) is 1.72. The van der Waals surface area contributed by atoms with Gasteiger partial charge in [-0.15, -0.1) is 20.4 Å². The van der Waals surface area contributed by atoms with Gasteiger partial charge in [-0.2, -0.15) is 0 Å². The second-order valence-corrected chi connectivity index (χ2v) is 7.36. The first-order valence-electron chi connectivity index (χ1n) is 8.69. The number of aromatic nitrogens is 4. The quantitative estimate of drug-likeness (QED) is 0.742. The Labute approximate surface area is 154 Å². The van der Waals surface area contributed by atoms with Gasteiger partial charge < -0.3 is 9.73 Å². The summed E-state index contributed by atoms with van der Waals surface area (Å²) in [5.74, 6) is 1.11. The highest BCUT2D eigenvalue weighted by Gasteiger charge is 2.25. The van der Waals surface area contributed by atoms with Crippen molar-refractivity contribution in [3.05, 3.63) is 52.2 Å². The lowest BCUT2D eigenvalue weighted by Crippen LogP contribution is -2.12. The Morgan fingerprint density at radius 3 is 3.00 bits per heavy atom. The molecular formula is C18H19N5O2S. The van der Waals surface area contributed by atoms with E-state index in [0.717, 1.165) is 24.3 Å². The average Bonchev–Trinajstić information content (AvgIpc) is 3.28. The molecule has 1 aromatic carbocycles. The van der Waals surface area contributed by atoms with Crippen molar-refractivity contribution in [2.75, 3.05) is 5.32 Å². The fraction of sp³-hybridized carbons (Fsp3) is 0.389. The summed E-state index contributed by atoms with van der Waals surface area (Å²) in [5.41, 5.74) is 2.72. The van der Waals surface area contributed by atoms with E-state index in [1.807, 2.05) is 0 Å². The number of benzene rings is 1. The van der Waals surface area contributed by atoms with Crippen molar-refractivity contribution in [1.82, 2.24) is 20.4 Å². The lowest BCUT2D eigenvalue weighted by molar-refractivity contribution is -0.116. The van der Waals surface area contributed by atoms with E-state index >= 15 is 0 Å². The molecule has 1 aliphatic carbocycles. The first-order valence-corrected chi connectivity index (χ1v) is 9.51. The van der Waals surface area contributed by atoms with Crippen LogP contribution >= 0.6 is 11.3 Å². The second-order valence-electron chi connectivity index (χ2n) is 6.35. The summed E-state index contributed by atoms with van der Waals surface area (Å²) < 4.78 is 5.27. The van der Waals surface area contributed by atoms with Gasteiger partial charge in [0, 0.05) is 25.7 Å². The van der Waals surface area contributed by atoms with E-state index in [2.05, 4.69) is 50.0 Å². The van der Waals surface area contributed by atoms with Crippen LogP contribution in [0.4, 0.5) is 5.13 Å². The van der Waals surface area contributed by atoms with Crippen LogP contribution in [-0.4, -0.2) is 26.3 Å². The molecule has 0 fully saturated rings. The molecule has 2 heterocycles. The molecule has 26 heavy (non-hydrogen) atoms. The van der Waals surface area contributed by atoms with Gasteiger partial charge in [0.15, 0.2) is 0 Å². The van der Waals surface area contributed by atoms with Crippen molar-refractivity contribution >= 4 is 22.4 Å². The molecule has 0 bridgehead atoms. The Balaban J connectivity index is 1.40. The van der Waals surface area contributed by atoms with Crippen LogP contribution < -0.4 is 5.32 Å². The smallest absolute Gasteiger partial charge is 0.226 e. The van der Waals surface area contributed by atoms with Crippen molar-refractivity contribution < 1.29 is 9.21 Å². The Kier molecular flexibility index (Phi) is 4.75. The Hall–Kier alpha value is -2.61. The van der Waals surface area contributed by atoms with Crippen molar-refractivity contribution in [3.8, 4) is 0 Å². The van der Waals surface area contributed by atoms with E-state index in [-0.39, 0.29) is 18.2 Å². The zero-order chi connectivity index (χ0) is 17.9. The molecule has 0 saturated carbocycles. The van der Waals surface area contributed by atoms with E-state index in [1.165, 1.54) is 22.5 Å². The molecule has 2 aromatic heterocycles. The summed E-state index contributed by atoms with van der Waals surface area (Å²) in [5, 5.41) is 20.4. The number of aryl methyl sites for hydroxylation is 3. The van der Waals surface area contributed by atoms with Gasteiger partial charge in [0.05, 0.1) is 0 Å². The predicted molar refractivity (Wildman–Crippen MR) is 97.1 cm³/mol. The topological polar surface area (TPSA) is 93.8 Å². The normalized spacial score (nSPS) is 16.3. The standard InChI is InChI=1S/C18H19N5O2S/c1-11-20-21-16(25-11)10-9-15(24)19-18-23-22-17(26-18)14-8-4-6-12-5-2-3-7-13(12)14/h2-3,5,7,14H,4,6,8-10H2,1H3,(H,19,23,24). The first kappa shape index (κ1) is 16.8. The van der Waals surface area contributed by atoms with Gasteiger partial charge in [-0.1, -0.05) is 35.6 Å². The number of nitrogens with zero attached hydrogens (tertiary/aromatic N) is 4. The third-order valence-electron chi connectivity index (χ3n) is 4.49. The molecule has 134 valence electrons. The molecular weight excluding hydrogens is 350 g/mol. The summed E-state index contributed by atoms with van der Waals surface area (Å²) in [6, 6.07) is 8.51. The van der Waals surface area contributed by atoms with Gasteiger partial charge in [-0.25, -0.2) is 0 Å². The fourth-order valence-electron chi connectivity index (χ4n) is 3.28. The van der Waals surface area contributed by atoms with Gasteiger partial charge in [-0.3, -0.25) is 4.79 Å². The number of hydrogen-bond acceptors (Lipinski definition) is 7. The van der Waals surface area contributed by atoms with Crippen molar-refractivity contribution in [2.45, 2.75) is 44.9 Å². The number of anilines is 1. The summed E-state index contributed by atoms with van der Waals surface area (Å²) in [4.78, 5) is 12.1. The number of fused-ring (bicyclic) bond motifs is 1. The maximum Gasteiger partial charge on any atom is 0.226 e. The Morgan fingerprint density at radius 1 is 1.27 bits per heavy atom. The number of rotatable bonds is 5. The molecule has 0 aliphatic heterocycles. The highest BCUT2D eigenvalue weighted by molar-refractivity contribution is 7.15. The van der Waals surface area contributed by atoms with Crippen LogP contribution in [0.1, 0.15) is 53.1 Å². The maximum atomic E-state index is 12.1. The molecule has 0 spiro atoms. The summed E-state index contributed by atoms with van der Waals surface area (Å²) in [7, 11) is 0. The predicted octanol–water partition coefficient (Wildman–Crippen LogP) is 3.27. The second kappa shape index (κ2) is 7.33. The van der Waals surface area contributed by atoms with Gasteiger partial charge >= 0.3 is 0 Å². The third-order valence-corrected chi connectivity index (χ3v) is 5.44. The van der Waals surface area contributed by atoms with Crippen LogP contribution in [-0.2, 0) is 17.6 Å². The fourth-order valence-corrected chi connectivity index (χ4v) is 4.19. The van der Waals surface area contributed by atoms with Crippen molar-refractivity contribution in [1.29, 1.82) is 0 Å². The highest BCUT2D eigenvalue weighted by atomic mass is 32.1. The zero-order valence-corrected chi connectivity index (χ0v) is 15.3. The van der Waals surface area contributed by atoms with E-state index < -0.39 is 0 Å². The van der Waals surface area contributed by atoms with Crippen LogP contribution in [0.2, 0.25) is 0 Å². The summed E-state index contributed by atoms with van der Waals surface area (Å²) >= 11 is 1.45. The minimum Gasteiger partial charge on any atom is -0.426 e. The van der Waals surface area contributed by atoms with Crippen LogP contribution in [0.25, 0.3) is 0 Å². The molecule has 1 aliphatic rings. The van der Waals surface area contributed by atoms with E-state index in [1.54, 1.807) is 6.92 Å². The number of carbonyl (C=O) groups is 1. The lowest BCUT2D eigenvalue weighted by atomic mass is 9.83. The molecule has 3 aromatic rings. The number of hydrogen-bond donors (Lipinski definition) is 1. The largest absolute Gasteiger partial charge is 0.426 e. The molecule has 0 radical (unpaired) electrons. The molecule has 7 nitrogen and oxygen atoms in total. The Bertz CT molecular complexity index is 920. The lowest BCUT2D eigenvalue weighted by Gasteiger charge is -2.23. The molecule has 8 heteroatoms. The molecule has 1 amide bonds. The number of nitrogens with one attached hydrogen (secondary N) is 1. The minimum absolute atomic E-state index is 0.132. The van der Waals surface area contributed by atoms with E-state index in [9.17, 15) is 4.79 Å². The highest BCUT2D eigenvalue weighted by Crippen LogP contribution is 2.38. The average molecular weight is 369 g/mol. The SMILES string of the molecule is Cc1nnc(CCC(=O)Nc2nnc(C3CCCc4ccccc43)s2)o1. The van der Waals surface area contributed by atoms with Crippen LogP contribution in [0.3, 0.4) is 0 Å².